The fourth-order valence-corrected chi connectivity index (χ4v) is 0.999. The Morgan fingerprint density at radius 3 is 2.50 bits per heavy atom. The largest absolute Gasteiger partial charge is 0.469 e. The number of methoxy groups -OCH3 is 1. The van der Waals surface area contributed by atoms with Crippen molar-refractivity contribution < 1.29 is 14.3 Å². The van der Waals surface area contributed by atoms with Crippen molar-refractivity contribution in [1.82, 2.24) is 0 Å². The summed E-state index contributed by atoms with van der Waals surface area (Å²) < 4.78 is 4.57. The van der Waals surface area contributed by atoms with E-state index in [2.05, 4.69) is 11.3 Å². The molecule has 1 atom stereocenters. The van der Waals surface area contributed by atoms with E-state index >= 15 is 0 Å². The van der Waals surface area contributed by atoms with Crippen LogP contribution in [0.3, 0.4) is 0 Å². The topological polar surface area (TPSA) is 43.4 Å². The average Bonchev–Trinajstić information content (AvgIpc) is 2.04. The lowest BCUT2D eigenvalue weighted by Crippen LogP contribution is -2.28. The normalized spacial score (nSPS) is 14.5. The van der Waals surface area contributed by atoms with Gasteiger partial charge in [-0.15, -0.1) is 6.58 Å². The molecule has 0 rings (SSSR count). The highest BCUT2D eigenvalue weighted by Gasteiger charge is 2.32. The molecular formula is C9H14O3. The van der Waals surface area contributed by atoms with Crippen molar-refractivity contribution in [3.8, 4) is 0 Å². The van der Waals surface area contributed by atoms with Gasteiger partial charge >= 0.3 is 5.97 Å². The smallest absolute Gasteiger partial charge is 0.312 e. The molecule has 0 heterocycles. The summed E-state index contributed by atoms with van der Waals surface area (Å²) >= 11 is 0. The van der Waals surface area contributed by atoms with Gasteiger partial charge in [0.2, 0.25) is 0 Å². The van der Waals surface area contributed by atoms with Gasteiger partial charge in [-0.3, -0.25) is 4.79 Å². The molecule has 0 unspecified atom stereocenters. The number of carbonyl (C=O) groups excluding carboxylic acids is 2. The second-order valence-electron chi connectivity index (χ2n) is 2.92. The first kappa shape index (κ1) is 10.9. The van der Waals surface area contributed by atoms with Gasteiger partial charge in [0.15, 0.2) is 0 Å². The molecule has 3 heteroatoms. The molecule has 0 aliphatic carbocycles. The summed E-state index contributed by atoms with van der Waals surface area (Å²) in [5.41, 5.74) is -0.738. The van der Waals surface area contributed by atoms with E-state index in [4.69, 9.17) is 0 Å². The third kappa shape index (κ3) is 2.49. The van der Waals surface area contributed by atoms with Gasteiger partial charge in [0.1, 0.15) is 6.29 Å². The Morgan fingerprint density at radius 1 is 1.58 bits per heavy atom. The number of hydrogen-bond acceptors (Lipinski definition) is 3. The van der Waals surface area contributed by atoms with Crippen molar-refractivity contribution >= 4 is 12.3 Å². The van der Waals surface area contributed by atoms with Crippen LogP contribution >= 0.6 is 0 Å². The minimum Gasteiger partial charge on any atom is -0.469 e. The molecule has 0 aromatic rings. The highest BCUT2D eigenvalue weighted by atomic mass is 16.5. The Labute approximate surface area is 72.4 Å². The Morgan fingerprint density at radius 2 is 2.17 bits per heavy atom. The predicted molar refractivity (Wildman–Crippen MR) is 45.6 cm³/mol. The lowest BCUT2D eigenvalue weighted by molar-refractivity contribution is -0.152. The van der Waals surface area contributed by atoms with Gasteiger partial charge in [-0.05, 0) is 13.3 Å². The monoisotopic (exact) mass is 170 g/mol. The zero-order valence-corrected chi connectivity index (χ0v) is 7.50. The molecule has 0 radical (unpaired) electrons. The molecule has 0 fully saturated rings. The van der Waals surface area contributed by atoms with E-state index in [1.807, 2.05) is 0 Å². The molecule has 0 amide bonds. The van der Waals surface area contributed by atoms with E-state index in [9.17, 15) is 9.59 Å². The molecule has 68 valence electrons. The first-order valence-electron chi connectivity index (χ1n) is 3.73. The van der Waals surface area contributed by atoms with E-state index in [0.717, 1.165) is 6.29 Å². The summed E-state index contributed by atoms with van der Waals surface area (Å²) in [7, 11) is 1.31. The molecule has 3 nitrogen and oxygen atoms in total. The van der Waals surface area contributed by atoms with Gasteiger partial charge in [-0.2, -0.15) is 0 Å². The summed E-state index contributed by atoms with van der Waals surface area (Å²) in [6.45, 7) is 5.21. The van der Waals surface area contributed by atoms with Crippen molar-refractivity contribution in [3.63, 3.8) is 0 Å². The molecule has 0 aromatic heterocycles. The van der Waals surface area contributed by atoms with Crippen molar-refractivity contribution in [2.75, 3.05) is 7.11 Å². The Balaban J connectivity index is 4.46. The number of carbonyl (C=O) groups is 2. The SMILES string of the molecule is C=CC[C@](C)(CC=O)C(=O)OC. The van der Waals surface area contributed by atoms with Crippen LogP contribution in [0, 0.1) is 5.41 Å². The quantitative estimate of drug-likeness (QED) is 0.355. The highest BCUT2D eigenvalue weighted by molar-refractivity contribution is 5.79. The van der Waals surface area contributed by atoms with Crippen LogP contribution in [-0.4, -0.2) is 19.4 Å². The summed E-state index contributed by atoms with van der Waals surface area (Å²) in [5.74, 6) is -0.366. The van der Waals surface area contributed by atoms with E-state index < -0.39 is 5.41 Å². The van der Waals surface area contributed by atoms with Gasteiger partial charge in [0.25, 0.3) is 0 Å². The van der Waals surface area contributed by atoms with Gasteiger partial charge < -0.3 is 9.53 Å². The first-order valence-corrected chi connectivity index (χ1v) is 3.73. The summed E-state index contributed by atoms with van der Waals surface area (Å²) in [4.78, 5) is 21.5. The van der Waals surface area contributed by atoms with Crippen LogP contribution in [0.1, 0.15) is 19.8 Å². The lowest BCUT2D eigenvalue weighted by Gasteiger charge is -2.22. The van der Waals surface area contributed by atoms with Crippen molar-refractivity contribution in [2.24, 2.45) is 5.41 Å². The van der Waals surface area contributed by atoms with Crippen LogP contribution in [-0.2, 0) is 14.3 Å². The Hall–Kier alpha value is -1.12. The van der Waals surface area contributed by atoms with E-state index in [0.29, 0.717) is 6.42 Å². The summed E-state index contributed by atoms with van der Waals surface area (Å²) in [5, 5.41) is 0. The number of esters is 1. The lowest BCUT2D eigenvalue weighted by atomic mass is 9.84. The number of rotatable bonds is 5. The second kappa shape index (κ2) is 4.70. The molecule has 12 heavy (non-hydrogen) atoms. The number of aldehydes is 1. The summed E-state index contributed by atoms with van der Waals surface area (Å²) in [6.07, 6.45) is 2.96. The van der Waals surface area contributed by atoms with Crippen LogP contribution < -0.4 is 0 Å². The molecule has 0 aliphatic heterocycles. The second-order valence-corrected chi connectivity index (χ2v) is 2.92. The molecular weight excluding hydrogens is 156 g/mol. The van der Waals surface area contributed by atoms with Crippen LogP contribution in [0.25, 0.3) is 0 Å². The third-order valence-corrected chi connectivity index (χ3v) is 1.81. The van der Waals surface area contributed by atoms with Crippen LogP contribution in [0.5, 0.6) is 0 Å². The van der Waals surface area contributed by atoms with E-state index in [1.165, 1.54) is 7.11 Å². The predicted octanol–water partition coefficient (Wildman–Crippen LogP) is 1.33. The van der Waals surface area contributed by atoms with Gasteiger partial charge in [0.05, 0.1) is 12.5 Å². The zero-order chi connectivity index (χ0) is 9.61. The van der Waals surface area contributed by atoms with E-state index in [1.54, 1.807) is 13.0 Å². The van der Waals surface area contributed by atoms with Gasteiger partial charge in [0, 0.05) is 6.42 Å². The fraction of sp³-hybridized carbons (Fsp3) is 0.556. The first-order chi connectivity index (χ1) is 5.60. The van der Waals surface area contributed by atoms with E-state index in [-0.39, 0.29) is 12.4 Å². The van der Waals surface area contributed by atoms with Crippen molar-refractivity contribution in [2.45, 2.75) is 19.8 Å². The molecule has 0 spiro atoms. The van der Waals surface area contributed by atoms with Crippen LogP contribution in [0.15, 0.2) is 12.7 Å². The van der Waals surface area contributed by atoms with Crippen molar-refractivity contribution in [1.29, 1.82) is 0 Å². The molecule has 0 N–H and O–H groups in total. The Kier molecular flexibility index (Phi) is 4.26. The molecule has 0 aliphatic rings. The molecule has 0 aromatic carbocycles. The minimum absolute atomic E-state index is 0.172. The standard InChI is InChI=1S/C9H14O3/c1-4-5-9(2,6-7-10)8(11)12-3/h4,7H,1,5-6H2,2-3H3/t9-/m1/s1. The average molecular weight is 170 g/mol. The number of ether oxygens (including phenoxy) is 1. The van der Waals surface area contributed by atoms with Gasteiger partial charge in [-0.25, -0.2) is 0 Å². The number of allylic oxidation sites excluding steroid dienone is 1. The maximum atomic E-state index is 11.2. The van der Waals surface area contributed by atoms with Gasteiger partial charge in [-0.1, -0.05) is 6.08 Å². The number of hydrogen-bond donors (Lipinski definition) is 0. The minimum atomic E-state index is -0.738. The molecule has 0 bridgehead atoms. The summed E-state index contributed by atoms with van der Waals surface area (Å²) in [6, 6.07) is 0. The highest BCUT2D eigenvalue weighted by Crippen LogP contribution is 2.26. The fourth-order valence-electron chi connectivity index (χ4n) is 0.999. The maximum Gasteiger partial charge on any atom is 0.312 e. The third-order valence-electron chi connectivity index (χ3n) is 1.81. The molecule has 0 saturated heterocycles. The zero-order valence-electron chi connectivity index (χ0n) is 7.50. The maximum absolute atomic E-state index is 11.2. The Bertz CT molecular complexity index is 174. The van der Waals surface area contributed by atoms with Crippen LogP contribution in [0.4, 0.5) is 0 Å². The van der Waals surface area contributed by atoms with Crippen molar-refractivity contribution in [3.05, 3.63) is 12.7 Å². The molecule has 0 saturated carbocycles. The van der Waals surface area contributed by atoms with Crippen LogP contribution in [0.2, 0.25) is 0 Å².